The van der Waals surface area contributed by atoms with Crippen molar-refractivity contribution in [2.24, 2.45) is 5.92 Å². The van der Waals surface area contributed by atoms with Crippen molar-refractivity contribution in [3.8, 4) is 0 Å². The van der Waals surface area contributed by atoms with Gasteiger partial charge in [-0.05, 0) is 37.3 Å². The van der Waals surface area contributed by atoms with E-state index in [-0.39, 0.29) is 5.56 Å². The minimum absolute atomic E-state index is 0.312. The molecule has 6 heteroatoms. The van der Waals surface area contributed by atoms with Crippen molar-refractivity contribution < 1.29 is 18.0 Å². The molecular weight excluding hydrogens is 335 g/mol. The number of benzene rings is 1. The molecule has 2 unspecified atom stereocenters. The summed E-state index contributed by atoms with van der Waals surface area (Å²) < 4.78 is 38.4. The molecule has 2 nitrogen and oxygen atoms in total. The van der Waals surface area contributed by atoms with Gasteiger partial charge >= 0.3 is 6.18 Å². The average Bonchev–Trinajstić information content (AvgIpc) is 2.81. The van der Waals surface area contributed by atoms with Gasteiger partial charge in [0.2, 0.25) is 0 Å². The van der Waals surface area contributed by atoms with Crippen LogP contribution in [0.25, 0.3) is 0 Å². The highest BCUT2D eigenvalue weighted by Gasteiger charge is 2.35. The topological polar surface area (TPSA) is 29.1 Å². The van der Waals surface area contributed by atoms with Gasteiger partial charge in [-0.1, -0.05) is 28.1 Å². The van der Waals surface area contributed by atoms with Crippen LogP contribution in [0, 0.1) is 5.92 Å². The minimum Gasteiger partial charge on any atom is -0.352 e. The van der Waals surface area contributed by atoms with Crippen molar-refractivity contribution in [3.05, 3.63) is 35.4 Å². The molecule has 0 aliphatic heterocycles. The van der Waals surface area contributed by atoms with Gasteiger partial charge in [-0.25, -0.2) is 0 Å². The van der Waals surface area contributed by atoms with E-state index in [4.69, 9.17) is 0 Å². The van der Waals surface area contributed by atoms with Crippen molar-refractivity contribution in [2.45, 2.75) is 30.3 Å². The molecule has 20 heavy (non-hydrogen) atoms. The summed E-state index contributed by atoms with van der Waals surface area (Å²) in [5, 5.41) is 2.61. The molecule has 1 aromatic carbocycles. The molecule has 0 saturated heterocycles. The maximum absolute atomic E-state index is 12.8. The van der Waals surface area contributed by atoms with Gasteiger partial charge in [0.25, 0.3) is 5.91 Å². The fourth-order valence-corrected chi connectivity index (χ4v) is 3.25. The van der Waals surface area contributed by atoms with Gasteiger partial charge in [-0.15, -0.1) is 0 Å². The Morgan fingerprint density at radius 2 is 2.00 bits per heavy atom. The van der Waals surface area contributed by atoms with Crippen LogP contribution >= 0.6 is 15.9 Å². The van der Waals surface area contributed by atoms with Gasteiger partial charge in [-0.3, -0.25) is 4.79 Å². The summed E-state index contributed by atoms with van der Waals surface area (Å²) in [5.74, 6) is -0.322. The lowest BCUT2D eigenvalue weighted by Crippen LogP contribution is -2.30. The Balaban J connectivity index is 2.02. The highest BCUT2D eigenvalue weighted by Crippen LogP contribution is 2.32. The second kappa shape index (κ2) is 6.16. The molecule has 1 saturated carbocycles. The van der Waals surface area contributed by atoms with Crippen molar-refractivity contribution in [3.63, 3.8) is 0 Å². The second-order valence-corrected chi connectivity index (χ2v) is 6.32. The van der Waals surface area contributed by atoms with E-state index in [1.165, 1.54) is 18.2 Å². The standard InChI is InChI=1S/C14H15BrF3NO/c15-10-6-5-9(7-10)8-19-13(20)11-3-1-2-4-12(11)14(16,17)18/h1-4,9-10H,5-8H2,(H,19,20). The third kappa shape index (κ3) is 3.75. The summed E-state index contributed by atoms with van der Waals surface area (Å²) in [4.78, 5) is 12.4. The van der Waals surface area contributed by atoms with Gasteiger partial charge < -0.3 is 5.32 Å². The fourth-order valence-electron chi connectivity index (χ4n) is 2.46. The maximum Gasteiger partial charge on any atom is 0.417 e. The number of amides is 1. The minimum atomic E-state index is -4.51. The molecule has 2 atom stereocenters. The van der Waals surface area contributed by atoms with E-state index in [1.54, 1.807) is 0 Å². The van der Waals surface area contributed by atoms with E-state index in [9.17, 15) is 18.0 Å². The Morgan fingerprint density at radius 3 is 2.60 bits per heavy atom. The Morgan fingerprint density at radius 1 is 1.30 bits per heavy atom. The zero-order chi connectivity index (χ0) is 14.8. The SMILES string of the molecule is O=C(NCC1CCC(Br)C1)c1ccccc1C(F)(F)F. The zero-order valence-electron chi connectivity index (χ0n) is 10.7. The number of halogens is 4. The smallest absolute Gasteiger partial charge is 0.352 e. The number of alkyl halides is 4. The predicted octanol–water partition coefficient (Wildman–Crippen LogP) is 4.00. The first kappa shape index (κ1) is 15.4. The van der Waals surface area contributed by atoms with E-state index in [0.717, 1.165) is 25.3 Å². The number of nitrogens with one attached hydrogen (secondary N) is 1. The normalized spacial score (nSPS) is 22.8. The van der Waals surface area contributed by atoms with Crippen LogP contribution in [0.15, 0.2) is 24.3 Å². The molecule has 1 N–H and O–H groups in total. The first-order valence-electron chi connectivity index (χ1n) is 6.46. The average molecular weight is 350 g/mol. The number of hydrogen-bond donors (Lipinski definition) is 1. The van der Waals surface area contributed by atoms with Gasteiger partial charge in [0.15, 0.2) is 0 Å². The Kier molecular flexibility index (Phi) is 4.73. The van der Waals surface area contributed by atoms with Gasteiger partial charge in [-0.2, -0.15) is 13.2 Å². The van der Waals surface area contributed by atoms with Crippen LogP contribution in [0.4, 0.5) is 13.2 Å². The Labute approximate surface area is 123 Å². The number of hydrogen-bond acceptors (Lipinski definition) is 1. The quantitative estimate of drug-likeness (QED) is 0.821. The van der Waals surface area contributed by atoms with E-state index in [1.807, 2.05) is 0 Å². The second-order valence-electron chi connectivity index (χ2n) is 5.03. The third-order valence-electron chi connectivity index (χ3n) is 3.51. The Hall–Kier alpha value is -1.04. The molecule has 0 radical (unpaired) electrons. The predicted molar refractivity (Wildman–Crippen MR) is 73.8 cm³/mol. The molecule has 0 heterocycles. The van der Waals surface area contributed by atoms with E-state index >= 15 is 0 Å². The number of carbonyl (C=O) groups excluding carboxylic acids is 1. The third-order valence-corrected chi connectivity index (χ3v) is 4.34. The van der Waals surface area contributed by atoms with E-state index in [0.29, 0.717) is 17.3 Å². The molecule has 110 valence electrons. The highest BCUT2D eigenvalue weighted by atomic mass is 79.9. The van der Waals surface area contributed by atoms with Gasteiger partial charge in [0, 0.05) is 11.4 Å². The summed E-state index contributed by atoms with van der Waals surface area (Å²) >= 11 is 3.51. The van der Waals surface area contributed by atoms with Crippen LogP contribution in [-0.4, -0.2) is 17.3 Å². The monoisotopic (exact) mass is 349 g/mol. The largest absolute Gasteiger partial charge is 0.417 e. The molecule has 2 rings (SSSR count). The van der Waals surface area contributed by atoms with Crippen molar-refractivity contribution >= 4 is 21.8 Å². The molecule has 0 bridgehead atoms. The number of carbonyl (C=O) groups is 1. The summed E-state index contributed by atoms with van der Waals surface area (Å²) in [7, 11) is 0. The van der Waals surface area contributed by atoms with Crippen LogP contribution in [0.1, 0.15) is 35.2 Å². The fraction of sp³-hybridized carbons (Fsp3) is 0.500. The molecule has 1 fully saturated rings. The maximum atomic E-state index is 12.8. The highest BCUT2D eigenvalue weighted by molar-refractivity contribution is 9.09. The van der Waals surface area contributed by atoms with Crippen LogP contribution < -0.4 is 5.32 Å². The summed E-state index contributed by atoms with van der Waals surface area (Å²) in [6.45, 7) is 0.424. The van der Waals surface area contributed by atoms with E-state index in [2.05, 4.69) is 21.2 Å². The van der Waals surface area contributed by atoms with E-state index < -0.39 is 17.6 Å². The van der Waals surface area contributed by atoms with Gasteiger partial charge in [0.1, 0.15) is 0 Å². The van der Waals surface area contributed by atoms with Crippen LogP contribution in [0.3, 0.4) is 0 Å². The number of rotatable bonds is 3. The zero-order valence-corrected chi connectivity index (χ0v) is 12.3. The first-order valence-corrected chi connectivity index (χ1v) is 7.38. The molecule has 1 amide bonds. The lowest BCUT2D eigenvalue weighted by molar-refractivity contribution is -0.137. The molecule has 0 aromatic heterocycles. The lowest BCUT2D eigenvalue weighted by Gasteiger charge is -2.14. The molecular formula is C14H15BrF3NO. The molecule has 1 aliphatic carbocycles. The lowest BCUT2D eigenvalue weighted by atomic mass is 10.1. The first-order chi connectivity index (χ1) is 9.38. The summed E-state index contributed by atoms with van der Waals surface area (Å²) in [6, 6.07) is 4.86. The van der Waals surface area contributed by atoms with Crippen LogP contribution in [0.5, 0.6) is 0 Å². The molecule has 1 aromatic rings. The van der Waals surface area contributed by atoms with Crippen molar-refractivity contribution in [1.82, 2.24) is 5.32 Å². The van der Waals surface area contributed by atoms with Crippen molar-refractivity contribution in [2.75, 3.05) is 6.54 Å². The van der Waals surface area contributed by atoms with Crippen LogP contribution in [0.2, 0.25) is 0 Å². The van der Waals surface area contributed by atoms with Crippen molar-refractivity contribution in [1.29, 1.82) is 0 Å². The Bertz CT molecular complexity index is 490. The van der Waals surface area contributed by atoms with Gasteiger partial charge in [0.05, 0.1) is 11.1 Å². The molecule has 0 spiro atoms. The summed E-state index contributed by atoms with van der Waals surface area (Å²) in [5.41, 5.74) is -1.20. The summed E-state index contributed by atoms with van der Waals surface area (Å²) in [6.07, 6.45) is -1.54. The van der Waals surface area contributed by atoms with Crippen LogP contribution in [-0.2, 0) is 6.18 Å². The molecule has 1 aliphatic rings.